The van der Waals surface area contributed by atoms with Crippen molar-refractivity contribution in [2.24, 2.45) is 4.99 Å². The fourth-order valence-electron chi connectivity index (χ4n) is 4.61. The van der Waals surface area contributed by atoms with Crippen LogP contribution in [0.1, 0.15) is 31.0 Å². The molecule has 1 atom stereocenters. The Labute approximate surface area is 251 Å². The molecule has 0 saturated carbocycles. The lowest BCUT2D eigenvalue weighted by molar-refractivity contribution is -0.139. The quantitative estimate of drug-likeness (QED) is 0.189. The summed E-state index contributed by atoms with van der Waals surface area (Å²) < 4.78 is 24.3. The third kappa shape index (κ3) is 6.27. The molecule has 2 heterocycles. The van der Waals surface area contributed by atoms with Crippen LogP contribution in [0, 0.1) is 0 Å². The number of nitrogens with zero attached hydrogens (tertiary/aromatic N) is 2. The van der Waals surface area contributed by atoms with Crippen molar-refractivity contribution in [3.8, 4) is 17.2 Å². The number of para-hydroxylation sites is 1. The second-order valence-corrected chi connectivity index (χ2v) is 10.7. The fraction of sp³-hybridized carbons (Fsp3) is 0.219. The second-order valence-electron chi connectivity index (χ2n) is 9.28. The number of carbonyl (C=O) groups is 1. The van der Waals surface area contributed by atoms with E-state index in [1.807, 2.05) is 48.5 Å². The Hall–Kier alpha value is -4.34. The van der Waals surface area contributed by atoms with Crippen LogP contribution in [-0.4, -0.2) is 37.5 Å². The van der Waals surface area contributed by atoms with E-state index in [1.165, 1.54) is 11.3 Å². The average molecular weight is 605 g/mol. The smallest absolute Gasteiger partial charge is 0.338 e. The van der Waals surface area contributed by atoms with Crippen molar-refractivity contribution in [1.29, 1.82) is 0 Å². The van der Waals surface area contributed by atoms with Crippen molar-refractivity contribution in [3.05, 3.63) is 120 Å². The molecule has 1 aromatic heterocycles. The molecule has 5 rings (SSSR count). The lowest BCUT2D eigenvalue weighted by Gasteiger charge is -2.24. The molecule has 4 aromatic rings. The number of thiazole rings is 1. The van der Waals surface area contributed by atoms with Crippen LogP contribution >= 0.6 is 22.9 Å². The summed E-state index contributed by atoms with van der Waals surface area (Å²) in [5.74, 6) is 1.40. The first kappa shape index (κ1) is 29.2. The summed E-state index contributed by atoms with van der Waals surface area (Å²) in [6.45, 7) is 4.35. The van der Waals surface area contributed by atoms with E-state index in [4.69, 9.17) is 30.5 Å². The Kier molecular flexibility index (Phi) is 9.09. The summed E-state index contributed by atoms with van der Waals surface area (Å²) in [4.78, 5) is 32.0. The first-order valence-corrected chi connectivity index (χ1v) is 14.5. The summed E-state index contributed by atoms with van der Waals surface area (Å²) in [5, 5.41) is 0.541. The molecule has 0 radical (unpaired) electrons. The van der Waals surface area contributed by atoms with Crippen molar-refractivity contribution in [2.75, 3.05) is 26.9 Å². The van der Waals surface area contributed by atoms with Gasteiger partial charge in [-0.1, -0.05) is 59.3 Å². The first-order valence-electron chi connectivity index (χ1n) is 13.3. The van der Waals surface area contributed by atoms with Gasteiger partial charge in [0, 0.05) is 0 Å². The van der Waals surface area contributed by atoms with Gasteiger partial charge in [0.15, 0.2) is 4.80 Å². The predicted octanol–water partition coefficient (Wildman–Crippen LogP) is 4.92. The van der Waals surface area contributed by atoms with E-state index in [0.717, 1.165) is 11.1 Å². The zero-order valence-corrected chi connectivity index (χ0v) is 24.9. The molecule has 0 aliphatic carbocycles. The van der Waals surface area contributed by atoms with Gasteiger partial charge in [0.05, 0.1) is 40.6 Å². The van der Waals surface area contributed by atoms with Crippen LogP contribution in [0.25, 0.3) is 6.08 Å². The highest BCUT2D eigenvalue weighted by molar-refractivity contribution is 7.07. The number of hydrogen-bond acceptors (Lipinski definition) is 8. The minimum atomic E-state index is -0.693. The van der Waals surface area contributed by atoms with Gasteiger partial charge in [-0.15, -0.1) is 0 Å². The molecule has 216 valence electrons. The maximum Gasteiger partial charge on any atom is 0.338 e. The van der Waals surface area contributed by atoms with Crippen LogP contribution in [-0.2, 0) is 9.53 Å². The van der Waals surface area contributed by atoms with Gasteiger partial charge in [-0.2, -0.15) is 0 Å². The van der Waals surface area contributed by atoms with E-state index < -0.39 is 12.0 Å². The van der Waals surface area contributed by atoms with Crippen molar-refractivity contribution >= 4 is 35.0 Å². The van der Waals surface area contributed by atoms with Gasteiger partial charge in [-0.3, -0.25) is 9.36 Å². The molecule has 0 unspecified atom stereocenters. The molecule has 0 fully saturated rings. The summed E-state index contributed by atoms with van der Waals surface area (Å²) >= 11 is 7.40. The fourth-order valence-corrected chi connectivity index (χ4v) is 5.85. The van der Waals surface area contributed by atoms with Crippen LogP contribution in [0.4, 0.5) is 0 Å². The molecular formula is C32H29ClN2O6S. The number of methoxy groups -OCH3 is 1. The van der Waals surface area contributed by atoms with E-state index in [-0.39, 0.29) is 12.2 Å². The number of hydrogen-bond donors (Lipinski definition) is 0. The number of halogens is 1. The zero-order chi connectivity index (χ0) is 29.6. The normalized spacial score (nSPS) is 14.7. The Morgan fingerprint density at radius 2 is 1.79 bits per heavy atom. The van der Waals surface area contributed by atoms with Crippen LogP contribution in [0.15, 0.2) is 93.9 Å². The van der Waals surface area contributed by atoms with Gasteiger partial charge in [0.1, 0.15) is 30.5 Å². The number of carbonyl (C=O) groups excluding carboxylic acids is 1. The van der Waals surface area contributed by atoms with E-state index in [9.17, 15) is 9.59 Å². The van der Waals surface area contributed by atoms with Crippen LogP contribution in [0.2, 0.25) is 5.02 Å². The first-order chi connectivity index (χ1) is 20.4. The maximum atomic E-state index is 13.8. The molecule has 0 N–H and O–H groups in total. The monoisotopic (exact) mass is 604 g/mol. The molecular weight excluding hydrogens is 576 g/mol. The third-order valence-corrected chi connectivity index (χ3v) is 7.85. The van der Waals surface area contributed by atoms with E-state index >= 15 is 0 Å². The average Bonchev–Trinajstić information content (AvgIpc) is 3.29. The van der Waals surface area contributed by atoms with Gasteiger partial charge in [0.25, 0.3) is 5.56 Å². The van der Waals surface area contributed by atoms with Gasteiger partial charge in [0.2, 0.25) is 0 Å². The lowest BCUT2D eigenvalue weighted by atomic mass is 9.96. The summed E-state index contributed by atoms with van der Waals surface area (Å²) in [6, 6.07) is 21.3. The number of aromatic nitrogens is 1. The Balaban J connectivity index is 1.44. The molecule has 10 heteroatoms. The Morgan fingerprint density at radius 1 is 1.02 bits per heavy atom. The standard InChI is InChI=1S/C32H29ClN2O6S/c1-4-39-31(37)28-20(2)34-32-35(29(28)22-12-14-23(38-3)15-13-22)30(36)27(42-32)19-21-8-7-9-24(18-21)40-16-17-41-26-11-6-5-10-25(26)33/h5-15,18-19,29H,4,16-17H2,1-3H3/b27-19-/t29-/m0/s1. The molecule has 1 aliphatic rings. The van der Waals surface area contributed by atoms with E-state index in [2.05, 4.69) is 4.99 Å². The molecule has 0 spiro atoms. The molecule has 3 aromatic carbocycles. The topological polar surface area (TPSA) is 88.4 Å². The highest BCUT2D eigenvalue weighted by Gasteiger charge is 2.33. The Morgan fingerprint density at radius 3 is 2.52 bits per heavy atom. The number of rotatable bonds is 10. The summed E-state index contributed by atoms with van der Waals surface area (Å²) in [6.07, 6.45) is 1.80. The number of benzene rings is 3. The second kappa shape index (κ2) is 13.1. The van der Waals surface area contributed by atoms with E-state index in [1.54, 1.807) is 55.9 Å². The van der Waals surface area contributed by atoms with Gasteiger partial charge in [-0.05, 0) is 67.4 Å². The molecule has 8 nitrogen and oxygen atoms in total. The van der Waals surface area contributed by atoms with Crippen molar-refractivity contribution in [1.82, 2.24) is 4.57 Å². The molecule has 0 saturated heterocycles. The van der Waals surface area contributed by atoms with Gasteiger partial charge in [-0.25, -0.2) is 9.79 Å². The molecule has 0 bridgehead atoms. The summed E-state index contributed by atoms with van der Waals surface area (Å²) in [5.41, 5.74) is 2.11. The van der Waals surface area contributed by atoms with Gasteiger partial charge < -0.3 is 18.9 Å². The van der Waals surface area contributed by atoms with Crippen LogP contribution in [0.5, 0.6) is 17.2 Å². The number of ether oxygens (including phenoxy) is 4. The van der Waals surface area contributed by atoms with Crippen molar-refractivity contribution in [3.63, 3.8) is 0 Å². The number of allylic oxidation sites excluding steroid dienone is 1. The van der Waals surface area contributed by atoms with Gasteiger partial charge >= 0.3 is 5.97 Å². The molecule has 0 amide bonds. The largest absolute Gasteiger partial charge is 0.497 e. The maximum absolute atomic E-state index is 13.8. The predicted molar refractivity (Wildman–Crippen MR) is 162 cm³/mol. The third-order valence-electron chi connectivity index (χ3n) is 6.55. The number of esters is 1. The minimum Gasteiger partial charge on any atom is -0.497 e. The number of fused-ring (bicyclic) bond motifs is 1. The summed E-state index contributed by atoms with van der Waals surface area (Å²) in [7, 11) is 1.58. The van der Waals surface area contributed by atoms with E-state index in [0.29, 0.717) is 56.1 Å². The Bertz CT molecular complexity index is 1810. The SMILES string of the molecule is CCOC(=O)C1=C(C)N=c2s/c(=C\c3cccc(OCCOc4ccccc4Cl)c3)c(=O)n2[C@H]1c1ccc(OC)cc1. The highest BCUT2D eigenvalue weighted by Crippen LogP contribution is 2.31. The minimum absolute atomic E-state index is 0.208. The van der Waals surface area contributed by atoms with Crippen LogP contribution in [0.3, 0.4) is 0 Å². The molecule has 1 aliphatic heterocycles. The zero-order valence-electron chi connectivity index (χ0n) is 23.3. The van der Waals surface area contributed by atoms with Crippen LogP contribution < -0.4 is 29.1 Å². The molecule has 42 heavy (non-hydrogen) atoms. The lowest BCUT2D eigenvalue weighted by Crippen LogP contribution is -2.39. The van der Waals surface area contributed by atoms with Crippen molar-refractivity contribution in [2.45, 2.75) is 19.9 Å². The highest BCUT2D eigenvalue weighted by atomic mass is 35.5. The van der Waals surface area contributed by atoms with Crippen molar-refractivity contribution < 1.29 is 23.7 Å².